The molecular weight excluding hydrogens is 196 g/mol. The van der Waals surface area contributed by atoms with Gasteiger partial charge in [0, 0.05) is 30.6 Å². The van der Waals surface area contributed by atoms with Crippen LogP contribution < -0.4 is 9.88 Å². The summed E-state index contributed by atoms with van der Waals surface area (Å²) in [4.78, 5) is 0. The molecule has 2 fully saturated rings. The van der Waals surface area contributed by atoms with Gasteiger partial charge in [0.2, 0.25) is 0 Å². The lowest BCUT2D eigenvalue weighted by Crippen LogP contribution is -2.38. The molecule has 0 radical (unpaired) electrons. The number of hydrogen-bond acceptors (Lipinski definition) is 1. The quantitative estimate of drug-likeness (QED) is 0.606. The molecule has 1 unspecified atom stereocenters. The van der Waals surface area contributed by atoms with Gasteiger partial charge in [-0.2, -0.15) is 0 Å². The zero-order valence-electron chi connectivity index (χ0n) is 9.81. The highest BCUT2D eigenvalue weighted by molar-refractivity contribution is 4.92. The summed E-state index contributed by atoms with van der Waals surface area (Å²) in [6.45, 7) is 2.49. The first-order valence-corrected chi connectivity index (χ1v) is 6.59. The van der Waals surface area contributed by atoms with Gasteiger partial charge in [0.05, 0.1) is 0 Å². The van der Waals surface area contributed by atoms with Gasteiger partial charge >= 0.3 is 0 Å². The maximum atomic E-state index is 3.46. The first kappa shape index (κ1) is 10.3. The van der Waals surface area contributed by atoms with E-state index in [9.17, 15) is 0 Å². The van der Waals surface area contributed by atoms with Gasteiger partial charge in [-0.1, -0.05) is 6.07 Å². The van der Waals surface area contributed by atoms with Crippen molar-refractivity contribution in [3.05, 3.63) is 30.6 Å². The molecule has 3 rings (SSSR count). The fourth-order valence-corrected chi connectivity index (χ4v) is 3.03. The van der Waals surface area contributed by atoms with Gasteiger partial charge < -0.3 is 5.32 Å². The molecule has 0 amide bonds. The largest absolute Gasteiger partial charge is 0.311 e. The Morgan fingerprint density at radius 3 is 2.31 bits per heavy atom. The highest BCUT2D eigenvalue weighted by Gasteiger charge is 2.34. The fraction of sp³-hybridized carbons (Fsp3) is 0.643. The van der Waals surface area contributed by atoms with Crippen LogP contribution in [-0.4, -0.2) is 12.6 Å². The molecule has 1 saturated heterocycles. The standard InChI is InChI=1S/C14H21N2/c1-2-8-16(9-3-1)11-12-4-6-13(7-5-12)14-10-15-14/h1-3,8-9,12-15H,4-7,10-11H2/q+1. The van der Waals surface area contributed by atoms with Crippen LogP contribution >= 0.6 is 0 Å². The zero-order valence-corrected chi connectivity index (χ0v) is 9.81. The summed E-state index contributed by atoms with van der Waals surface area (Å²) in [5, 5.41) is 3.46. The Morgan fingerprint density at radius 2 is 1.69 bits per heavy atom. The third kappa shape index (κ3) is 2.43. The number of aromatic nitrogens is 1. The van der Waals surface area contributed by atoms with Crippen molar-refractivity contribution in [1.82, 2.24) is 5.32 Å². The smallest absolute Gasteiger partial charge is 0.168 e. The van der Waals surface area contributed by atoms with Crippen molar-refractivity contribution < 1.29 is 4.57 Å². The van der Waals surface area contributed by atoms with Crippen LogP contribution in [0.25, 0.3) is 0 Å². The Hall–Kier alpha value is -0.890. The molecule has 0 bridgehead atoms. The van der Waals surface area contributed by atoms with Gasteiger partial charge in [0.1, 0.15) is 0 Å². The van der Waals surface area contributed by atoms with Crippen LogP contribution in [-0.2, 0) is 6.54 Å². The number of nitrogens with one attached hydrogen (secondary N) is 1. The Labute approximate surface area is 97.7 Å². The summed E-state index contributed by atoms with van der Waals surface area (Å²) >= 11 is 0. The summed E-state index contributed by atoms with van der Waals surface area (Å²) in [6.07, 6.45) is 10.1. The van der Waals surface area contributed by atoms with Crippen molar-refractivity contribution in [2.24, 2.45) is 11.8 Å². The van der Waals surface area contributed by atoms with Gasteiger partial charge in [-0.05, 0) is 31.6 Å². The van der Waals surface area contributed by atoms with Crippen molar-refractivity contribution >= 4 is 0 Å². The predicted octanol–water partition coefficient (Wildman–Crippen LogP) is 1.75. The minimum Gasteiger partial charge on any atom is -0.311 e. The second kappa shape index (κ2) is 4.54. The van der Waals surface area contributed by atoms with Crippen LogP contribution in [0, 0.1) is 11.8 Å². The lowest BCUT2D eigenvalue weighted by atomic mass is 9.80. The van der Waals surface area contributed by atoms with Crippen molar-refractivity contribution in [2.75, 3.05) is 6.54 Å². The average Bonchev–Trinajstić information content (AvgIpc) is 3.15. The van der Waals surface area contributed by atoms with Gasteiger partial charge in [0.25, 0.3) is 0 Å². The van der Waals surface area contributed by atoms with Crippen LogP contribution in [0.4, 0.5) is 0 Å². The topological polar surface area (TPSA) is 25.8 Å². The fourth-order valence-electron chi connectivity index (χ4n) is 3.03. The van der Waals surface area contributed by atoms with E-state index >= 15 is 0 Å². The van der Waals surface area contributed by atoms with Gasteiger partial charge in [-0.25, -0.2) is 4.57 Å². The van der Waals surface area contributed by atoms with E-state index < -0.39 is 0 Å². The third-order valence-electron chi connectivity index (χ3n) is 4.15. The second-order valence-corrected chi connectivity index (χ2v) is 5.37. The Bertz CT molecular complexity index is 324. The maximum Gasteiger partial charge on any atom is 0.168 e. The first-order valence-electron chi connectivity index (χ1n) is 6.59. The summed E-state index contributed by atoms with van der Waals surface area (Å²) in [5.74, 6) is 1.89. The number of nitrogens with zero attached hydrogens (tertiary/aromatic N) is 1. The van der Waals surface area contributed by atoms with Gasteiger partial charge in [0.15, 0.2) is 18.9 Å². The maximum absolute atomic E-state index is 3.46. The highest BCUT2D eigenvalue weighted by atomic mass is 15.1. The van der Waals surface area contributed by atoms with E-state index in [-0.39, 0.29) is 0 Å². The summed E-state index contributed by atoms with van der Waals surface area (Å²) in [7, 11) is 0. The monoisotopic (exact) mass is 217 g/mol. The Morgan fingerprint density at radius 1 is 1.00 bits per heavy atom. The molecule has 1 saturated carbocycles. The van der Waals surface area contributed by atoms with Gasteiger partial charge in [-0.3, -0.25) is 0 Å². The Kier molecular flexibility index (Phi) is 2.92. The molecule has 1 N–H and O–H groups in total. The van der Waals surface area contributed by atoms with E-state index in [0.29, 0.717) is 0 Å². The molecule has 2 heteroatoms. The molecule has 1 aliphatic heterocycles. The molecular formula is C14H21N2+. The van der Waals surface area contributed by atoms with Crippen LogP contribution in [0.3, 0.4) is 0 Å². The highest BCUT2D eigenvalue weighted by Crippen LogP contribution is 2.33. The minimum atomic E-state index is 0.880. The normalized spacial score (nSPS) is 33.6. The van der Waals surface area contributed by atoms with Crippen LogP contribution in [0.5, 0.6) is 0 Å². The van der Waals surface area contributed by atoms with E-state index in [1.165, 1.54) is 38.8 Å². The molecule has 16 heavy (non-hydrogen) atoms. The number of pyridine rings is 1. The van der Waals surface area contributed by atoms with E-state index in [4.69, 9.17) is 0 Å². The van der Waals surface area contributed by atoms with Crippen LogP contribution in [0.2, 0.25) is 0 Å². The van der Waals surface area contributed by atoms with Crippen LogP contribution in [0.1, 0.15) is 25.7 Å². The third-order valence-corrected chi connectivity index (χ3v) is 4.15. The summed E-state index contributed by atoms with van der Waals surface area (Å²) in [5.41, 5.74) is 0. The summed E-state index contributed by atoms with van der Waals surface area (Å²) in [6, 6.07) is 7.22. The predicted molar refractivity (Wildman–Crippen MR) is 63.9 cm³/mol. The van der Waals surface area contributed by atoms with E-state index in [0.717, 1.165) is 17.9 Å². The molecule has 1 aromatic rings. The SMILES string of the molecule is c1cc[n+](CC2CCC(C3CN3)CC2)cc1. The van der Waals surface area contributed by atoms with Crippen LogP contribution in [0.15, 0.2) is 30.6 Å². The number of rotatable bonds is 3. The van der Waals surface area contributed by atoms with E-state index in [1.54, 1.807) is 0 Å². The van der Waals surface area contributed by atoms with E-state index in [2.05, 4.69) is 40.5 Å². The lowest BCUT2D eigenvalue weighted by molar-refractivity contribution is -0.703. The minimum absolute atomic E-state index is 0.880. The lowest BCUT2D eigenvalue weighted by Gasteiger charge is -2.26. The summed E-state index contributed by atoms with van der Waals surface area (Å²) < 4.78 is 2.33. The molecule has 2 heterocycles. The molecule has 1 aromatic heterocycles. The first-order chi connectivity index (χ1) is 7.92. The van der Waals surface area contributed by atoms with Crippen molar-refractivity contribution in [2.45, 2.75) is 38.3 Å². The van der Waals surface area contributed by atoms with Crippen molar-refractivity contribution in [1.29, 1.82) is 0 Å². The molecule has 2 nitrogen and oxygen atoms in total. The second-order valence-electron chi connectivity index (χ2n) is 5.37. The van der Waals surface area contributed by atoms with Gasteiger partial charge in [-0.15, -0.1) is 0 Å². The Balaban J connectivity index is 1.50. The number of hydrogen-bond donors (Lipinski definition) is 1. The molecule has 2 aliphatic rings. The van der Waals surface area contributed by atoms with Crippen molar-refractivity contribution in [3.8, 4) is 0 Å². The molecule has 1 aliphatic carbocycles. The molecule has 1 atom stereocenters. The van der Waals surface area contributed by atoms with E-state index in [1.807, 2.05) is 0 Å². The molecule has 0 aromatic carbocycles. The average molecular weight is 217 g/mol. The molecule has 0 spiro atoms. The zero-order chi connectivity index (χ0) is 10.8. The van der Waals surface area contributed by atoms with Crippen molar-refractivity contribution in [3.63, 3.8) is 0 Å². The molecule has 86 valence electrons.